The Kier molecular flexibility index (Phi) is 6.45. The average molecular weight is 319 g/mol. The molecular formula is C13H19ClN2O3S. The highest BCUT2D eigenvalue weighted by molar-refractivity contribution is 7.89. The van der Waals surface area contributed by atoms with E-state index >= 15 is 0 Å². The zero-order chi connectivity index (χ0) is 15.2. The molecule has 1 amide bonds. The maximum atomic E-state index is 11.6. The highest BCUT2D eigenvalue weighted by Crippen LogP contribution is 2.12. The summed E-state index contributed by atoms with van der Waals surface area (Å²) in [5.74, 6) is -0.394. The molecule has 5 nitrogen and oxygen atoms in total. The van der Waals surface area contributed by atoms with E-state index in [9.17, 15) is 13.2 Å². The van der Waals surface area contributed by atoms with Crippen LogP contribution in [0.25, 0.3) is 0 Å². The minimum Gasteiger partial charge on any atom is -0.352 e. The first-order valence-electron chi connectivity index (χ1n) is 6.33. The lowest BCUT2D eigenvalue weighted by molar-refractivity contribution is -0.120. The molecule has 0 aliphatic rings. The van der Waals surface area contributed by atoms with Crippen molar-refractivity contribution in [3.05, 3.63) is 34.9 Å². The number of benzene rings is 1. The molecule has 0 aliphatic carbocycles. The van der Waals surface area contributed by atoms with Crippen LogP contribution in [0.3, 0.4) is 0 Å². The molecule has 0 radical (unpaired) electrons. The van der Waals surface area contributed by atoms with Gasteiger partial charge in [-0.3, -0.25) is 4.79 Å². The van der Waals surface area contributed by atoms with Crippen molar-refractivity contribution in [3.63, 3.8) is 0 Å². The minimum atomic E-state index is -3.34. The number of carbonyl (C=O) groups excluding carboxylic acids is 1. The van der Waals surface area contributed by atoms with Gasteiger partial charge in [-0.25, -0.2) is 13.1 Å². The molecule has 2 N–H and O–H groups in total. The number of nitrogens with one attached hydrogen (secondary N) is 2. The predicted octanol–water partition coefficient (Wildman–Crippen LogP) is 1.33. The second kappa shape index (κ2) is 7.61. The molecule has 0 bridgehead atoms. The molecule has 7 heteroatoms. The van der Waals surface area contributed by atoms with Gasteiger partial charge in [0.25, 0.3) is 0 Å². The van der Waals surface area contributed by atoms with E-state index in [1.807, 2.05) is 25.1 Å². The Balaban J connectivity index is 2.42. The van der Waals surface area contributed by atoms with Gasteiger partial charge in [0.15, 0.2) is 0 Å². The van der Waals surface area contributed by atoms with Crippen LogP contribution in [0.2, 0.25) is 5.02 Å². The molecule has 0 saturated carbocycles. The van der Waals surface area contributed by atoms with Gasteiger partial charge in [0.1, 0.15) is 0 Å². The highest BCUT2D eigenvalue weighted by Gasteiger charge is 2.12. The van der Waals surface area contributed by atoms with E-state index in [1.165, 1.54) is 6.92 Å². The van der Waals surface area contributed by atoms with Crippen LogP contribution in [0.1, 0.15) is 19.4 Å². The van der Waals surface area contributed by atoms with E-state index in [2.05, 4.69) is 10.0 Å². The predicted molar refractivity (Wildman–Crippen MR) is 80.2 cm³/mol. The number of rotatable bonds is 7. The van der Waals surface area contributed by atoms with Crippen molar-refractivity contribution >= 4 is 27.5 Å². The van der Waals surface area contributed by atoms with Crippen molar-refractivity contribution in [2.24, 2.45) is 0 Å². The number of hydrogen-bond acceptors (Lipinski definition) is 3. The maximum Gasteiger partial charge on any atom is 0.235 e. The lowest BCUT2D eigenvalue weighted by Gasteiger charge is -2.14. The fourth-order valence-electron chi connectivity index (χ4n) is 1.67. The molecule has 0 fully saturated rings. The third kappa shape index (κ3) is 6.36. The summed E-state index contributed by atoms with van der Waals surface area (Å²) in [6, 6.07) is 7.29. The molecule has 0 heterocycles. The molecule has 1 atom stereocenters. The zero-order valence-electron chi connectivity index (χ0n) is 11.5. The molecule has 0 aromatic heterocycles. The van der Waals surface area contributed by atoms with Gasteiger partial charge in [-0.05, 0) is 38.0 Å². The van der Waals surface area contributed by atoms with Crippen molar-refractivity contribution in [2.45, 2.75) is 26.3 Å². The monoisotopic (exact) mass is 318 g/mol. The summed E-state index contributed by atoms with van der Waals surface area (Å²) < 4.78 is 24.7. The van der Waals surface area contributed by atoms with E-state index in [4.69, 9.17) is 11.6 Å². The molecule has 1 aromatic carbocycles. The second-order valence-corrected chi connectivity index (χ2v) is 7.06. The third-order valence-electron chi connectivity index (χ3n) is 2.67. The van der Waals surface area contributed by atoms with Gasteiger partial charge in [-0.15, -0.1) is 0 Å². The summed E-state index contributed by atoms with van der Waals surface area (Å²) in [5.41, 5.74) is 1.01. The highest BCUT2D eigenvalue weighted by atomic mass is 35.5. The van der Waals surface area contributed by atoms with Crippen molar-refractivity contribution in [3.8, 4) is 0 Å². The fraction of sp³-hybridized carbons (Fsp3) is 0.462. The third-order valence-corrected chi connectivity index (χ3v) is 4.25. The first-order valence-corrected chi connectivity index (χ1v) is 8.36. The Bertz CT molecular complexity index is 560. The topological polar surface area (TPSA) is 75.3 Å². The van der Waals surface area contributed by atoms with E-state index in [-0.39, 0.29) is 24.2 Å². The number of halogens is 1. The van der Waals surface area contributed by atoms with Crippen LogP contribution in [-0.2, 0) is 21.2 Å². The molecule has 20 heavy (non-hydrogen) atoms. The summed E-state index contributed by atoms with van der Waals surface area (Å²) in [6.07, 6.45) is 0.632. The average Bonchev–Trinajstić information content (AvgIpc) is 2.36. The standard InChI is InChI=1S/C13H19ClN2O3S/c1-3-20(18,19)15-9-13(17)16-10(2)7-11-5-4-6-12(14)8-11/h4-6,8,10,15H,3,7,9H2,1-2H3,(H,16,17)/t10-/m1/s1. The smallest absolute Gasteiger partial charge is 0.235 e. The van der Waals surface area contributed by atoms with Crippen molar-refractivity contribution in [2.75, 3.05) is 12.3 Å². The number of carbonyl (C=O) groups is 1. The number of sulfonamides is 1. The number of amides is 1. The molecule has 0 spiro atoms. The van der Waals surface area contributed by atoms with Crippen molar-refractivity contribution in [1.29, 1.82) is 0 Å². The van der Waals surface area contributed by atoms with Gasteiger partial charge in [0.05, 0.1) is 12.3 Å². The zero-order valence-corrected chi connectivity index (χ0v) is 13.1. The molecule has 1 rings (SSSR count). The summed E-state index contributed by atoms with van der Waals surface area (Å²) in [7, 11) is -3.34. The van der Waals surface area contributed by atoms with Gasteiger partial charge in [0, 0.05) is 11.1 Å². The maximum absolute atomic E-state index is 11.6. The minimum absolute atomic E-state index is 0.0433. The Labute approximate surface area is 124 Å². The van der Waals surface area contributed by atoms with E-state index in [1.54, 1.807) is 6.07 Å². The van der Waals surface area contributed by atoms with Crippen molar-refractivity contribution in [1.82, 2.24) is 10.0 Å². The molecule has 1 aromatic rings. The summed E-state index contributed by atoms with van der Waals surface area (Å²) in [6.45, 7) is 3.13. The first-order chi connectivity index (χ1) is 9.32. The van der Waals surface area contributed by atoms with Crippen LogP contribution >= 0.6 is 11.6 Å². The van der Waals surface area contributed by atoms with Crippen LogP contribution in [0.15, 0.2) is 24.3 Å². The Morgan fingerprint density at radius 1 is 1.40 bits per heavy atom. The number of hydrogen-bond donors (Lipinski definition) is 2. The molecule has 112 valence electrons. The van der Waals surface area contributed by atoms with Crippen LogP contribution in [-0.4, -0.2) is 32.7 Å². The molecule has 0 aliphatic heterocycles. The molecular weight excluding hydrogens is 300 g/mol. The summed E-state index contributed by atoms with van der Waals surface area (Å²) >= 11 is 5.89. The Hall–Kier alpha value is -1.11. The molecule has 0 saturated heterocycles. The van der Waals surface area contributed by atoms with Crippen LogP contribution < -0.4 is 10.0 Å². The van der Waals surface area contributed by atoms with Crippen molar-refractivity contribution < 1.29 is 13.2 Å². The van der Waals surface area contributed by atoms with Crippen LogP contribution in [0, 0.1) is 0 Å². The van der Waals surface area contributed by atoms with E-state index < -0.39 is 10.0 Å². The van der Waals surface area contributed by atoms with Gasteiger partial charge in [0.2, 0.25) is 15.9 Å². The fourth-order valence-corrected chi connectivity index (χ4v) is 2.44. The van der Waals surface area contributed by atoms with E-state index in [0.717, 1.165) is 5.56 Å². The SMILES string of the molecule is CCS(=O)(=O)NCC(=O)N[C@H](C)Cc1cccc(Cl)c1. The lowest BCUT2D eigenvalue weighted by atomic mass is 10.1. The van der Waals surface area contributed by atoms with E-state index in [0.29, 0.717) is 11.4 Å². The van der Waals surface area contributed by atoms with Crippen LogP contribution in [0.5, 0.6) is 0 Å². The quantitative estimate of drug-likeness (QED) is 0.796. The van der Waals surface area contributed by atoms with Crippen LogP contribution in [0.4, 0.5) is 0 Å². The van der Waals surface area contributed by atoms with Gasteiger partial charge < -0.3 is 5.32 Å². The van der Waals surface area contributed by atoms with Gasteiger partial charge in [-0.1, -0.05) is 23.7 Å². The van der Waals surface area contributed by atoms with Gasteiger partial charge >= 0.3 is 0 Å². The summed E-state index contributed by atoms with van der Waals surface area (Å²) in [5, 5.41) is 3.39. The molecule has 0 unspecified atom stereocenters. The van der Waals surface area contributed by atoms with Gasteiger partial charge in [-0.2, -0.15) is 0 Å². The Morgan fingerprint density at radius 3 is 2.70 bits per heavy atom. The normalized spacial score (nSPS) is 12.9. The lowest BCUT2D eigenvalue weighted by Crippen LogP contribution is -2.41. The summed E-state index contributed by atoms with van der Waals surface area (Å²) in [4.78, 5) is 11.6. The second-order valence-electron chi connectivity index (χ2n) is 4.53. The first kappa shape index (κ1) is 16.9. The Morgan fingerprint density at radius 2 is 2.10 bits per heavy atom. The largest absolute Gasteiger partial charge is 0.352 e.